The topological polar surface area (TPSA) is 64.5 Å². The van der Waals surface area contributed by atoms with Crippen molar-refractivity contribution in [3.05, 3.63) is 59.1 Å². The number of aromatic nitrogens is 2. The lowest BCUT2D eigenvalue weighted by atomic mass is 10.2. The van der Waals surface area contributed by atoms with E-state index in [4.69, 9.17) is 26.7 Å². The number of aliphatic hydroxyl groups excluding tert-OH is 1. The van der Waals surface area contributed by atoms with Gasteiger partial charge in [0.15, 0.2) is 0 Å². The fraction of sp³-hybridized carbons (Fsp3) is 0.364. The average molecular weight is 412 g/mol. The highest BCUT2D eigenvalue weighted by molar-refractivity contribution is 6.31. The lowest BCUT2D eigenvalue weighted by Crippen LogP contribution is -2.46. The van der Waals surface area contributed by atoms with E-state index in [9.17, 15) is 0 Å². The molecule has 2 heterocycles. The van der Waals surface area contributed by atoms with E-state index in [1.54, 1.807) is 0 Å². The summed E-state index contributed by atoms with van der Waals surface area (Å²) < 4.78 is 0. The van der Waals surface area contributed by atoms with Crippen molar-refractivity contribution in [1.82, 2.24) is 14.9 Å². The second kappa shape index (κ2) is 9.39. The molecule has 0 saturated carbocycles. The van der Waals surface area contributed by atoms with Gasteiger partial charge in [-0.2, -0.15) is 4.98 Å². The summed E-state index contributed by atoms with van der Waals surface area (Å²) in [7, 11) is 0. The minimum atomic E-state index is 0.163. The fourth-order valence-corrected chi connectivity index (χ4v) is 3.80. The summed E-state index contributed by atoms with van der Waals surface area (Å²) in [6.07, 6.45) is 0.689. The number of rotatable bonds is 7. The molecule has 6 nitrogen and oxygen atoms in total. The molecule has 4 rings (SSSR count). The number of nitrogens with zero attached hydrogens (tertiary/aromatic N) is 4. The zero-order valence-electron chi connectivity index (χ0n) is 16.4. The monoisotopic (exact) mass is 411 g/mol. The highest BCUT2D eigenvalue weighted by Gasteiger charge is 2.21. The van der Waals surface area contributed by atoms with Crippen molar-refractivity contribution in [2.24, 2.45) is 0 Å². The zero-order valence-corrected chi connectivity index (χ0v) is 17.1. The van der Waals surface area contributed by atoms with Crippen LogP contribution < -0.4 is 10.2 Å². The van der Waals surface area contributed by atoms with Crippen molar-refractivity contribution in [2.45, 2.75) is 13.0 Å². The van der Waals surface area contributed by atoms with Crippen molar-refractivity contribution in [3.63, 3.8) is 0 Å². The zero-order chi connectivity index (χ0) is 20.1. The first kappa shape index (κ1) is 19.9. The molecule has 152 valence electrons. The Morgan fingerprint density at radius 2 is 1.72 bits per heavy atom. The van der Waals surface area contributed by atoms with Crippen LogP contribution in [0.1, 0.15) is 12.0 Å². The molecule has 0 radical (unpaired) electrons. The van der Waals surface area contributed by atoms with Gasteiger partial charge >= 0.3 is 0 Å². The number of hydrogen-bond donors (Lipinski definition) is 2. The Hall–Kier alpha value is -2.41. The van der Waals surface area contributed by atoms with Crippen molar-refractivity contribution in [3.8, 4) is 0 Å². The van der Waals surface area contributed by atoms with Crippen molar-refractivity contribution < 1.29 is 5.11 Å². The van der Waals surface area contributed by atoms with Gasteiger partial charge in [0, 0.05) is 56.3 Å². The molecule has 1 fully saturated rings. The summed E-state index contributed by atoms with van der Waals surface area (Å²) in [5.41, 5.74) is 2.10. The predicted molar refractivity (Wildman–Crippen MR) is 119 cm³/mol. The standard InChI is InChI=1S/C22H26ClN5O/c23-19-8-3-1-6-17(19)16-27-11-13-28(14-12-27)22-25-20-9-4-2-7-18(20)21(26-22)24-10-5-15-29/h1-4,6-9,29H,5,10-16H2,(H,24,25,26). The van der Waals surface area contributed by atoms with Crippen LogP contribution in [0.5, 0.6) is 0 Å². The molecule has 0 atom stereocenters. The molecule has 0 bridgehead atoms. The van der Waals surface area contributed by atoms with Crippen molar-refractivity contribution >= 4 is 34.3 Å². The molecule has 29 heavy (non-hydrogen) atoms. The van der Waals surface area contributed by atoms with Gasteiger partial charge in [-0.3, -0.25) is 4.90 Å². The first-order valence-corrected chi connectivity index (χ1v) is 10.4. The molecule has 1 aliphatic rings. The SMILES string of the molecule is OCCCNc1nc(N2CCN(Cc3ccccc3Cl)CC2)nc2ccccc12. The molecule has 1 saturated heterocycles. The molecule has 0 aliphatic carbocycles. The third-order valence-electron chi connectivity index (χ3n) is 5.23. The summed E-state index contributed by atoms with van der Waals surface area (Å²) in [5, 5.41) is 14.3. The minimum absolute atomic E-state index is 0.163. The van der Waals surface area contributed by atoms with E-state index in [1.807, 2.05) is 42.5 Å². The van der Waals surface area contributed by atoms with E-state index in [-0.39, 0.29) is 6.61 Å². The van der Waals surface area contributed by atoms with E-state index < -0.39 is 0 Å². The fourth-order valence-electron chi connectivity index (χ4n) is 3.60. The van der Waals surface area contributed by atoms with Gasteiger partial charge in [-0.25, -0.2) is 4.98 Å². The maximum Gasteiger partial charge on any atom is 0.227 e. The average Bonchev–Trinajstić information content (AvgIpc) is 2.76. The van der Waals surface area contributed by atoms with E-state index in [0.717, 1.165) is 60.4 Å². The number of fused-ring (bicyclic) bond motifs is 1. The molecule has 0 spiro atoms. The van der Waals surface area contributed by atoms with Crippen LogP contribution in [0.3, 0.4) is 0 Å². The quantitative estimate of drug-likeness (QED) is 0.581. The summed E-state index contributed by atoms with van der Waals surface area (Å²) in [6.45, 7) is 5.33. The number of halogens is 1. The number of anilines is 2. The van der Waals surface area contributed by atoms with Crippen LogP contribution in [0, 0.1) is 0 Å². The minimum Gasteiger partial charge on any atom is -0.396 e. The van der Waals surface area contributed by atoms with Gasteiger partial charge in [-0.15, -0.1) is 0 Å². The molecule has 2 N–H and O–H groups in total. The Balaban J connectivity index is 1.47. The molecule has 0 unspecified atom stereocenters. The molecule has 7 heteroatoms. The highest BCUT2D eigenvalue weighted by Crippen LogP contribution is 2.25. The summed E-state index contributed by atoms with van der Waals surface area (Å²) in [4.78, 5) is 14.3. The smallest absolute Gasteiger partial charge is 0.227 e. The summed E-state index contributed by atoms with van der Waals surface area (Å²) in [6, 6.07) is 16.1. The van der Waals surface area contributed by atoms with Gasteiger partial charge in [0.05, 0.1) is 5.52 Å². The Morgan fingerprint density at radius 1 is 0.966 bits per heavy atom. The second-order valence-electron chi connectivity index (χ2n) is 7.25. The second-order valence-corrected chi connectivity index (χ2v) is 7.66. The number of para-hydroxylation sites is 1. The summed E-state index contributed by atoms with van der Waals surface area (Å²) in [5.74, 6) is 1.59. The molecule has 2 aromatic carbocycles. The van der Waals surface area contributed by atoms with Crippen LogP contribution in [-0.4, -0.2) is 59.3 Å². The van der Waals surface area contributed by atoms with Gasteiger partial charge in [0.2, 0.25) is 5.95 Å². The number of hydrogen-bond acceptors (Lipinski definition) is 6. The van der Waals surface area contributed by atoms with Crippen LogP contribution in [-0.2, 0) is 6.54 Å². The maximum atomic E-state index is 9.07. The van der Waals surface area contributed by atoms with Crippen LogP contribution >= 0.6 is 11.6 Å². The van der Waals surface area contributed by atoms with Crippen molar-refractivity contribution in [1.29, 1.82) is 0 Å². The molecular weight excluding hydrogens is 386 g/mol. The van der Waals surface area contributed by atoms with E-state index >= 15 is 0 Å². The largest absolute Gasteiger partial charge is 0.396 e. The Kier molecular flexibility index (Phi) is 6.44. The number of nitrogens with one attached hydrogen (secondary N) is 1. The van der Waals surface area contributed by atoms with Crippen LogP contribution in [0.2, 0.25) is 5.02 Å². The summed E-state index contributed by atoms with van der Waals surface area (Å²) >= 11 is 6.31. The third kappa shape index (κ3) is 4.78. The molecule has 1 aliphatic heterocycles. The van der Waals surface area contributed by atoms with Crippen LogP contribution in [0.25, 0.3) is 10.9 Å². The number of piperazine rings is 1. The lowest BCUT2D eigenvalue weighted by Gasteiger charge is -2.35. The van der Waals surface area contributed by atoms with E-state index in [1.165, 1.54) is 5.56 Å². The first-order valence-electron chi connectivity index (χ1n) is 10.1. The first-order chi connectivity index (χ1) is 14.2. The Morgan fingerprint density at radius 3 is 2.52 bits per heavy atom. The normalized spacial score (nSPS) is 15.0. The molecule has 1 aromatic heterocycles. The Labute approximate surface area is 176 Å². The molecular formula is C22H26ClN5O. The van der Waals surface area contributed by atoms with Crippen LogP contribution in [0.4, 0.5) is 11.8 Å². The van der Waals surface area contributed by atoms with Gasteiger partial charge in [0.25, 0.3) is 0 Å². The van der Waals surface area contributed by atoms with Gasteiger partial charge < -0.3 is 15.3 Å². The molecule has 0 amide bonds. The highest BCUT2D eigenvalue weighted by atomic mass is 35.5. The number of benzene rings is 2. The molecule has 3 aromatic rings. The van der Waals surface area contributed by atoms with Gasteiger partial charge in [-0.05, 0) is 30.2 Å². The maximum absolute atomic E-state index is 9.07. The number of aliphatic hydroxyl groups is 1. The van der Waals surface area contributed by atoms with Crippen molar-refractivity contribution in [2.75, 3.05) is 49.5 Å². The third-order valence-corrected chi connectivity index (χ3v) is 5.59. The van der Waals surface area contributed by atoms with Gasteiger partial charge in [0.1, 0.15) is 5.82 Å². The van der Waals surface area contributed by atoms with Gasteiger partial charge in [-0.1, -0.05) is 41.9 Å². The van der Waals surface area contributed by atoms with Crippen LogP contribution in [0.15, 0.2) is 48.5 Å². The lowest BCUT2D eigenvalue weighted by molar-refractivity contribution is 0.249. The van der Waals surface area contributed by atoms with E-state index in [0.29, 0.717) is 13.0 Å². The predicted octanol–water partition coefficient (Wildman–Crippen LogP) is 3.40. The Bertz CT molecular complexity index is 959. The van der Waals surface area contributed by atoms with E-state index in [2.05, 4.69) is 21.2 Å².